The maximum Gasteiger partial charge on any atom is 0.119 e. The smallest absolute Gasteiger partial charge is 0.119 e. The van der Waals surface area contributed by atoms with Crippen molar-refractivity contribution in [3.05, 3.63) is 30.1 Å². The third-order valence-electron chi connectivity index (χ3n) is 0.779. The first-order valence-electron chi connectivity index (χ1n) is 4.14. The van der Waals surface area contributed by atoms with E-state index in [0.29, 0.717) is 0 Å². The van der Waals surface area contributed by atoms with Gasteiger partial charge in [0.15, 0.2) is 0 Å². The summed E-state index contributed by atoms with van der Waals surface area (Å²) in [5.41, 5.74) is 0.0602. The van der Waals surface area contributed by atoms with E-state index in [2.05, 4.69) is 4.98 Å². The van der Waals surface area contributed by atoms with Crippen LogP contribution in [0.4, 0.5) is 0 Å². The second kappa shape index (κ2) is 2.43. The zero-order chi connectivity index (χ0) is 9.19. The van der Waals surface area contributed by atoms with Crippen LogP contribution in [0.25, 0.3) is 0 Å². The lowest BCUT2D eigenvalue weighted by Crippen LogP contribution is -1.97. The van der Waals surface area contributed by atoms with E-state index in [4.69, 9.17) is 5.57 Å². The minimum atomic E-state index is -2.15. The monoisotopic (exact) mass is 112 g/mol. The fraction of sp³-hybridized carbons (Fsp3) is 0.167. The number of pyridine rings is 1. The normalized spacial score (nSPS) is 18.6. The van der Waals surface area contributed by atoms with Gasteiger partial charge in [0.2, 0.25) is 0 Å². The Kier molecular flexibility index (Phi) is 0.652. The summed E-state index contributed by atoms with van der Waals surface area (Å²) in [6.07, 6.45) is 1.43. The molecule has 1 rings (SSSR count). The first-order valence-corrected chi connectivity index (χ1v) is 2.24. The molecule has 0 atom stereocenters. The van der Waals surface area contributed by atoms with Crippen LogP contribution in [0, 0.1) is 0 Å². The minimum absolute atomic E-state index is 0.00463. The third kappa shape index (κ3) is 1.04. The third-order valence-corrected chi connectivity index (χ3v) is 0.779. The van der Waals surface area contributed by atoms with Gasteiger partial charge in [-0.3, -0.25) is 4.98 Å². The van der Waals surface area contributed by atoms with E-state index in [1.54, 1.807) is 12.1 Å². The van der Waals surface area contributed by atoms with Crippen LogP contribution < -0.4 is 5.72 Å². The van der Waals surface area contributed by atoms with Crippen molar-refractivity contribution in [2.75, 3.05) is 0 Å². The molecule has 0 amide bonds. The minimum Gasteiger partial charge on any atom is -0.325 e. The zero-order valence-corrected chi connectivity index (χ0v) is 4.20. The lowest BCUT2D eigenvalue weighted by molar-refractivity contribution is 0.991. The molecule has 1 heterocycles. The van der Waals surface area contributed by atoms with E-state index in [0.717, 1.165) is 0 Å². The van der Waals surface area contributed by atoms with E-state index in [-0.39, 0.29) is 11.4 Å². The number of rotatable bonds is 2. The highest BCUT2D eigenvalue weighted by Crippen LogP contribution is 1.88. The number of nitrogens with two attached hydrogens (primary N) is 1. The predicted octanol–water partition coefficient (Wildman–Crippen LogP) is 0.540. The molecular weight excluding hydrogens is 100 g/mol. The topological polar surface area (TPSA) is 38.9 Å². The van der Waals surface area contributed by atoms with Crippen LogP contribution in [0.5, 0.6) is 0 Å². The van der Waals surface area contributed by atoms with Crippen molar-refractivity contribution in [1.82, 2.24) is 4.98 Å². The first-order chi connectivity index (χ1) is 5.55. The van der Waals surface area contributed by atoms with E-state index >= 15 is 0 Å². The van der Waals surface area contributed by atoms with Gasteiger partial charge in [0.05, 0.1) is 5.69 Å². The number of nitrogens with zero attached hydrogens (tertiary/aromatic N) is 1. The molecule has 2 heteroatoms. The van der Waals surface area contributed by atoms with Crippen LogP contribution in [0.3, 0.4) is 0 Å². The molecule has 42 valence electrons. The summed E-state index contributed by atoms with van der Waals surface area (Å²) in [4.78, 5) is 3.72. The molecule has 0 saturated heterocycles. The Morgan fingerprint density at radius 1 is 1.88 bits per heavy atom. The number of hydrogen-bond acceptors (Lipinski definition) is 2. The van der Waals surface area contributed by atoms with Crippen LogP contribution in [0.15, 0.2) is 24.4 Å². The fourth-order valence-corrected chi connectivity index (χ4v) is 0.429. The fourth-order valence-electron chi connectivity index (χ4n) is 0.429. The number of hydrogen-bond donors (Lipinski definition) is 1. The molecule has 0 aliphatic carbocycles. The quantitative estimate of drug-likeness (QED) is 0.606. The van der Waals surface area contributed by atoms with Gasteiger partial charge in [-0.05, 0) is 12.1 Å². The van der Waals surface area contributed by atoms with Crippen LogP contribution in [0.2, 0.25) is 2.82 Å². The van der Waals surface area contributed by atoms with Crippen molar-refractivity contribution >= 4 is 0 Å². The summed E-state index contributed by atoms with van der Waals surface area (Å²) in [7, 11) is 0. The van der Waals surface area contributed by atoms with Crippen molar-refractivity contribution in [2.24, 2.45) is 5.72 Å². The molecule has 1 aromatic heterocycles. The average Bonchev–Trinajstić information content (AvgIpc) is 2.06. The summed E-state index contributed by atoms with van der Waals surface area (Å²) in [5.74, 6) is 0. The van der Waals surface area contributed by atoms with E-state index < -0.39 is 6.50 Å². The summed E-state index contributed by atoms with van der Waals surface area (Å²) in [5, 5.41) is 0. The summed E-state index contributed by atoms with van der Waals surface area (Å²) in [6, 6.07) is 4.71. The van der Waals surface area contributed by atoms with Gasteiger partial charge >= 0.3 is 0 Å². The highest BCUT2D eigenvalue weighted by Gasteiger charge is 1.81. The molecule has 1 aromatic rings. The Hall–Kier alpha value is -0.890. The van der Waals surface area contributed by atoms with Gasteiger partial charge < -0.3 is 5.72 Å². The standard InChI is InChI=1S/C6H8N2/c7-5-6-3-1-2-4-8-6/h1-4H,5,7H2/i5D2/hD2. The second-order valence-electron chi connectivity index (χ2n) is 1.33. The molecule has 0 aliphatic rings. The lowest BCUT2D eigenvalue weighted by atomic mass is 10.4. The molecule has 2 nitrogen and oxygen atoms in total. The highest BCUT2D eigenvalue weighted by atomic mass is 14.7. The average molecular weight is 112 g/mol. The molecule has 2 N–H and O–H groups in total. The zero-order valence-electron chi connectivity index (χ0n) is 8.20. The number of aromatic nitrogens is 1. The van der Waals surface area contributed by atoms with Crippen LogP contribution in [0.1, 0.15) is 8.44 Å². The molecule has 0 bridgehead atoms. The van der Waals surface area contributed by atoms with Crippen LogP contribution in [-0.4, -0.2) is 4.98 Å². The highest BCUT2D eigenvalue weighted by molar-refractivity contribution is 5.02. The summed E-state index contributed by atoms with van der Waals surface area (Å²) < 4.78 is 28.2. The molecule has 0 saturated carbocycles. The van der Waals surface area contributed by atoms with Gasteiger partial charge in [0.1, 0.15) is 2.82 Å². The first kappa shape index (κ1) is 2.15. The molecular formula is C6H8N2. The van der Waals surface area contributed by atoms with Crippen molar-refractivity contribution in [2.45, 2.75) is 6.50 Å². The Labute approximate surface area is 54.1 Å². The molecule has 0 unspecified atom stereocenters. The van der Waals surface area contributed by atoms with Gasteiger partial charge in [-0.2, -0.15) is 0 Å². The van der Waals surface area contributed by atoms with Crippen molar-refractivity contribution in [3.63, 3.8) is 0 Å². The maximum atomic E-state index is 7.28. The second-order valence-corrected chi connectivity index (χ2v) is 1.33. The summed E-state index contributed by atoms with van der Waals surface area (Å²) >= 11 is 0. The van der Waals surface area contributed by atoms with Gasteiger partial charge in [-0.15, -0.1) is 0 Å². The Balaban J connectivity index is 2.98. The van der Waals surface area contributed by atoms with Crippen molar-refractivity contribution < 1.29 is 5.57 Å². The lowest BCUT2D eigenvalue weighted by Gasteiger charge is -1.89. The van der Waals surface area contributed by atoms with Gasteiger partial charge in [0, 0.05) is 15.4 Å². The van der Waals surface area contributed by atoms with Gasteiger partial charge in [-0.1, -0.05) is 6.07 Å². The largest absolute Gasteiger partial charge is 0.325 e. The molecule has 0 fully saturated rings. The SMILES string of the molecule is [2H]N([2H])C([2H])([2H])c1ccccn1. The van der Waals surface area contributed by atoms with Gasteiger partial charge in [-0.25, -0.2) is 0 Å². The molecule has 0 radical (unpaired) electrons. The van der Waals surface area contributed by atoms with Crippen molar-refractivity contribution in [1.29, 1.82) is 0 Å². The van der Waals surface area contributed by atoms with E-state index in [1.165, 1.54) is 12.3 Å². The van der Waals surface area contributed by atoms with Crippen LogP contribution in [-0.2, 0) is 6.50 Å². The molecule has 0 aromatic carbocycles. The van der Waals surface area contributed by atoms with Crippen molar-refractivity contribution in [3.8, 4) is 0 Å². The van der Waals surface area contributed by atoms with E-state index in [9.17, 15) is 0 Å². The van der Waals surface area contributed by atoms with Gasteiger partial charge in [0.25, 0.3) is 0 Å². The van der Waals surface area contributed by atoms with Crippen LogP contribution >= 0.6 is 0 Å². The maximum absolute atomic E-state index is 7.28. The molecule has 0 aliphatic heterocycles. The summed E-state index contributed by atoms with van der Waals surface area (Å²) in [6.45, 7) is -2.15. The Morgan fingerprint density at radius 3 is 3.50 bits per heavy atom. The Morgan fingerprint density at radius 2 is 2.88 bits per heavy atom. The molecule has 0 spiro atoms. The van der Waals surface area contributed by atoms with E-state index in [1.807, 2.05) is 0 Å². The Bertz CT molecular complexity index is 249. The molecule has 8 heavy (non-hydrogen) atoms. The predicted molar refractivity (Wildman–Crippen MR) is 32.1 cm³/mol.